The first-order valence-corrected chi connectivity index (χ1v) is 16.4. The van der Waals surface area contributed by atoms with E-state index < -0.39 is 5.91 Å². The van der Waals surface area contributed by atoms with Crippen LogP contribution in [0.25, 0.3) is 27.9 Å². The van der Waals surface area contributed by atoms with Crippen LogP contribution in [0.1, 0.15) is 28.4 Å². The van der Waals surface area contributed by atoms with Crippen LogP contribution >= 0.6 is 11.8 Å². The van der Waals surface area contributed by atoms with Crippen LogP contribution in [-0.4, -0.2) is 28.0 Å². The monoisotopic (exact) mass is 638 g/mol. The highest BCUT2D eigenvalue weighted by atomic mass is 32.2. The van der Waals surface area contributed by atoms with Crippen LogP contribution in [0.5, 0.6) is 0 Å². The van der Waals surface area contributed by atoms with E-state index in [1.165, 1.54) is 22.7 Å². The van der Waals surface area contributed by atoms with Gasteiger partial charge in [0.1, 0.15) is 5.70 Å². The van der Waals surface area contributed by atoms with Gasteiger partial charge < -0.3 is 20.5 Å². The molecule has 0 fully saturated rings. The van der Waals surface area contributed by atoms with Crippen molar-refractivity contribution in [2.24, 2.45) is 0 Å². The highest BCUT2D eigenvalue weighted by Gasteiger charge is 2.16. The molecule has 3 amide bonds. The molecule has 0 unspecified atom stereocenters. The molecule has 0 spiro atoms. The fourth-order valence-electron chi connectivity index (χ4n) is 5.52. The van der Waals surface area contributed by atoms with E-state index >= 15 is 0 Å². The van der Waals surface area contributed by atoms with Gasteiger partial charge in [-0.15, -0.1) is 11.8 Å². The number of nitrogens with one attached hydrogen (secondary N) is 3. The molecule has 0 saturated heterocycles. The topological polar surface area (TPSA) is 92.2 Å². The molecule has 0 atom stereocenters. The molecule has 0 saturated carbocycles. The number of thioether (sulfide) groups is 1. The Bertz CT molecular complexity index is 2120. The Morgan fingerprint density at radius 1 is 0.723 bits per heavy atom. The second-order valence-corrected chi connectivity index (χ2v) is 12.1. The van der Waals surface area contributed by atoms with Crippen LogP contribution in [-0.2, 0) is 16.1 Å². The zero-order chi connectivity index (χ0) is 32.8. The van der Waals surface area contributed by atoms with Gasteiger partial charge in [0, 0.05) is 50.2 Å². The molecule has 0 radical (unpaired) electrons. The van der Waals surface area contributed by atoms with Crippen LogP contribution in [0, 0.1) is 6.92 Å². The number of aryl methyl sites for hydroxylation is 2. The van der Waals surface area contributed by atoms with Crippen LogP contribution in [0.2, 0.25) is 0 Å². The summed E-state index contributed by atoms with van der Waals surface area (Å²) in [5.41, 5.74) is 6.05. The van der Waals surface area contributed by atoms with Crippen molar-refractivity contribution in [2.75, 3.05) is 16.4 Å². The molecule has 7 nitrogen and oxygen atoms in total. The molecule has 0 aliphatic heterocycles. The zero-order valence-electron chi connectivity index (χ0n) is 26.1. The maximum atomic E-state index is 13.4. The number of anilines is 2. The lowest BCUT2D eigenvalue weighted by molar-refractivity contribution is -0.114. The molecule has 234 valence electrons. The van der Waals surface area contributed by atoms with E-state index in [0.29, 0.717) is 11.3 Å². The third-order valence-corrected chi connectivity index (χ3v) is 8.75. The summed E-state index contributed by atoms with van der Waals surface area (Å²) in [5, 5.41) is 11.0. The third-order valence-electron chi connectivity index (χ3n) is 7.74. The van der Waals surface area contributed by atoms with Gasteiger partial charge in [0.15, 0.2) is 0 Å². The van der Waals surface area contributed by atoms with Gasteiger partial charge in [-0.1, -0.05) is 66.2 Å². The van der Waals surface area contributed by atoms with Crippen molar-refractivity contribution in [3.63, 3.8) is 0 Å². The number of rotatable bonds is 10. The number of aromatic nitrogens is 1. The average molecular weight is 639 g/mol. The summed E-state index contributed by atoms with van der Waals surface area (Å²) >= 11 is 1.41. The van der Waals surface area contributed by atoms with Gasteiger partial charge in [-0.25, -0.2) is 0 Å². The number of carbonyl (C=O) groups is 3. The minimum atomic E-state index is -0.449. The fourth-order valence-corrected chi connectivity index (χ4v) is 6.22. The number of para-hydroxylation sites is 1. The van der Waals surface area contributed by atoms with E-state index in [4.69, 9.17) is 0 Å². The zero-order valence-corrected chi connectivity index (χ0v) is 26.9. The number of benzene rings is 5. The number of hydrogen-bond donors (Lipinski definition) is 3. The normalized spacial score (nSPS) is 11.4. The molecule has 0 aliphatic rings. The number of carbonyl (C=O) groups excluding carboxylic acids is 3. The van der Waals surface area contributed by atoms with Crippen LogP contribution in [0.4, 0.5) is 11.4 Å². The Labute approximate surface area is 277 Å². The molecule has 1 aromatic heterocycles. The van der Waals surface area contributed by atoms with Gasteiger partial charge in [0.05, 0.1) is 5.75 Å². The van der Waals surface area contributed by atoms with Gasteiger partial charge in [-0.05, 0) is 86.2 Å². The number of fused-ring (bicyclic) bond motifs is 3. The summed E-state index contributed by atoms with van der Waals surface area (Å²) in [6.45, 7) is 4.96. The van der Waals surface area contributed by atoms with Gasteiger partial charge in [0.25, 0.3) is 11.8 Å². The first-order chi connectivity index (χ1) is 22.9. The van der Waals surface area contributed by atoms with Crippen molar-refractivity contribution >= 4 is 68.7 Å². The van der Waals surface area contributed by atoms with Crippen molar-refractivity contribution in [3.05, 3.63) is 144 Å². The van der Waals surface area contributed by atoms with Crippen molar-refractivity contribution in [3.8, 4) is 0 Å². The molecule has 6 rings (SSSR count). The van der Waals surface area contributed by atoms with Crippen LogP contribution in [0.3, 0.4) is 0 Å². The van der Waals surface area contributed by atoms with E-state index in [2.05, 4.69) is 45.6 Å². The summed E-state index contributed by atoms with van der Waals surface area (Å²) in [7, 11) is 0. The van der Waals surface area contributed by atoms with E-state index in [1.807, 2.05) is 73.7 Å². The largest absolute Gasteiger partial charge is 0.341 e. The molecule has 3 N–H and O–H groups in total. The number of amides is 3. The SMILES string of the molecule is CCn1c2ccccc2c2cc(NC(=O)CSc3ccc(NC(=O)/C(=C/c4cccc(C)c4)NC(=O)c4ccccc4)cc3)ccc21. The lowest BCUT2D eigenvalue weighted by atomic mass is 10.1. The Morgan fingerprint density at radius 3 is 2.21 bits per heavy atom. The highest BCUT2D eigenvalue weighted by molar-refractivity contribution is 8.00. The molecule has 47 heavy (non-hydrogen) atoms. The Balaban J connectivity index is 1.09. The minimum Gasteiger partial charge on any atom is -0.341 e. The second-order valence-electron chi connectivity index (χ2n) is 11.1. The van der Waals surface area contributed by atoms with Crippen molar-refractivity contribution in [1.82, 2.24) is 9.88 Å². The van der Waals surface area contributed by atoms with Crippen LogP contribution < -0.4 is 16.0 Å². The first kappa shape index (κ1) is 31.4. The van der Waals surface area contributed by atoms with Crippen LogP contribution in [0.15, 0.2) is 132 Å². The van der Waals surface area contributed by atoms with E-state index in [0.717, 1.165) is 39.2 Å². The average Bonchev–Trinajstić information content (AvgIpc) is 3.41. The standard InChI is InChI=1S/C39H34N4O3S/c1-3-43-35-15-8-7-14-32(35)33-24-30(18-21-36(33)43)40-37(44)25-47-31-19-16-29(17-20-31)41-39(46)34(23-27-11-9-10-26(2)22-27)42-38(45)28-12-5-4-6-13-28/h4-24H,3,25H2,1-2H3,(H,40,44)(H,41,46)(H,42,45)/b34-23-. The molecule has 8 heteroatoms. The summed E-state index contributed by atoms with van der Waals surface area (Å²) in [4.78, 5) is 40.0. The Hall–Kier alpha value is -5.60. The van der Waals surface area contributed by atoms with Gasteiger partial charge in [-0.2, -0.15) is 0 Å². The molecule has 0 aliphatic carbocycles. The predicted octanol–water partition coefficient (Wildman–Crippen LogP) is 8.26. The number of hydrogen-bond acceptors (Lipinski definition) is 4. The third kappa shape index (κ3) is 7.45. The van der Waals surface area contributed by atoms with Crippen molar-refractivity contribution in [1.29, 1.82) is 0 Å². The maximum absolute atomic E-state index is 13.4. The smallest absolute Gasteiger partial charge is 0.272 e. The summed E-state index contributed by atoms with van der Waals surface area (Å²) in [6.07, 6.45) is 1.66. The highest BCUT2D eigenvalue weighted by Crippen LogP contribution is 2.31. The van der Waals surface area contributed by atoms with Crippen molar-refractivity contribution in [2.45, 2.75) is 25.3 Å². The van der Waals surface area contributed by atoms with Gasteiger partial charge in [0.2, 0.25) is 5.91 Å². The summed E-state index contributed by atoms with van der Waals surface area (Å²) < 4.78 is 2.28. The first-order valence-electron chi connectivity index (χ1n) is 15.4. The van der Waals surface area contributed by atoms with Crippen molar-refractivity contribution < 1.29 is 14.4 Å². The molecular formula is C39H34N4O3S. The Kier molecular flexibility index (Phi) is 9.50. The quantitative estimate of drug-likeness (QED) is 0.104. The van der Waals surface area contributed by atoms with E-state index in [-0.39, 0.29) is 23.3 Å². The molecular weight excluding hydrogens is 605 g/mol. The van der Waals surface area contributed by atoms with E-state index in [9.17, 15) is 14.4 Å². The molecule has 6 aromatic rings. The fraction of sp³-hybridized carbons (Fsp3) is 0.103. The minimum absolute atomic E-state index is 0.106. The summed E-state index contributed by atoms with van der Waals surface area (Å²) in [6, 6.07) is 38.0. The lowest BCUT2D eigenvalue weighted by Gasteiger charge is -2.12. The maximum Gasteiger partial charge on any atom is 0.272 e. The van der Waals surface area contributed by atoms with Gasteiger partial charge >= 0.3 is 0 Å². The lowest BCUT2D eigenvalue weighted by Crippen LogP contribution is -2.30. The molecule has 0 bridgehead atoms. The summed E-state index contributed by atoms with van der Waals surface area (Å²) in [5.74, 6) is -0.701. The molecule has 5 aromatic carbocycles. The van der Waals surface area contributed by atoms with E-state index in [1.54, 1.807) is 42.5 Å². The number of nitrogens with zero attached hydrogens (tertiary/aromatic N) is 1. The predicted molar refractivity (Wildman–Crippen MR) is 193 cm³/mol. The Morgan fingerprint density at radius 2 is 1.45 bits per heavy atom. The molecule has 1 heterocycles. The van der Waals surface area contributed by atoms with Gasteiger partial charge in [-0.3, -0.25) is 14.4 Å². The second kappa shape index (κ2) is 14.2.